The molecule has 0 spiro atoms. The number of imidazole rings is 1. The van der Waals surface area contributed by atoms with E-state index in [-0.39, 0.29) is 18.8 Å². The Bertz CT molecular complexity index is 744. The standard InChI is InChI=1S/C11H16N5O6P/c1-21-8(17)2-7(3-22-6-23(18,19)20)16-5-15-11-9(16)10(12)13-4-14-11/h4-5,7H,2-3,6H2,1H3,(H2,12,13,14)(H2,18,19,20). The van der Waals surface area contributed by atoms with Gasteiger partial charge in [-0.15, -0.1) is 0 Å². The number of nitrogens with two attached hydrogens (primary N) is 1. The predicted octanol–water partition coefficient (Wildman–Crippen LogP) is -0.336. The zero-order valence-electron chi connectivity index (χ0n) is 12.2. The Kier molecular flexibility index (Phi) is 5.26. The third-order valence-electron chi connectivity index (χ3n) is 2.99. The Hall–Kier alpha value is -2.07. The Morgan fingerprint density at radius 3 is 2.83 bits per heavy atom. The molecule has 0 radical (unpaired) electrons. The zero-order valence-corrected chi connectivity index (χ0v) is 13.1. The highest BCUT2D eigenvalue weighted by molar-refractivity contribution is 7.51. The van der Waals surface area contributed by atoms with E-state index < -0.39 is 26.0 Å². The number of anilines is 1. The van der Waals surface area contributed by atoms with Crippen molar-refractivity contribution in [1.29, 1.82) is 0 Å². The van der Waals surface area contributed by atoms with Crippen LogP contribution in [0.15, 0.2) is 12.7 Å². The van der Waals surface area contributed by atoms with Gasteiger partial charge in [0, 0.05) is 0 Å². The van der Waals surface area contributed by atoms with Gasteiger partial charge in [0.15, 0.2) is 11.5 Å². The summed E-state index contributed by atoms with van der Waals surface area (Å²) in [5.74, 6) is -0.357. The number of ether oxygens (including phenoxy) is 2. The van der Waals surface area contributed by atoms with Crippen LogP contribution in [0, 0.1) is 0 Å². The van der Waals surface area contributed by atoms with E-state index in [1.54, 1.807) is 0 Å². The maximum Gasteiger partial charge on any atom is 0.350 e. The van der Waals surface area contributed by atoms with Crippen LogP contribution in [0.4, 0.5) is 5.82 Å². The second-order valence-electron chi connectivity index (χ2n) is 4.68. The number of nitrogens with zero attached hydrogens (tertiary/aromatic N) is 4. The molecular formula is C11H16N5O6P. The summed E-state index contributed by atoms with van der Waals surface area (Å²) in [6.07, 6.45) is 1.81. The molecule has 2 heterocycles. The Balaban J connectivity index is 2.28. The fourth-order valence-corrected chi connectivity index (χ4v) is 2.34. The monoisotopic (exact) mass is 345 g/mol. The van der Waals surface area contributed by atoms with Gasteiger partial charge in [-0.25, -0.2) is 15.0 Å². The topological polar surface area (TPSA) is 163 Å². The molecule has 2 aromatic heterocycles. The smallest absolute Gasteiger partial charge is 0.350 e. The molecule has 0 aliphatic heterocycles. The molecule has 0 fully saturated rings. The number of methoxy groups -OCH3 is 1. The average Bonchev–Trinajstić information content (AvgIpc) is 2.90. The fraction of sp³-hybridized carbons (Fsp3) is 0.455. The minimum atomic E-state index is -4.31. The van der Waals surface area contributed by atoms with Crippen molar-refractivity contribution in [3.8, 4) is 0 Å². The number of rotatable bonds is 7. The van der Waals surface area contributed by atoms with E-state index in [1.807, 2.05) is 0 Å². The molecule has 0 aliphatic carbocycles. The van der Waals surface area contributed by atoms with Gasteiger partial charge in [0.1, 0.15) is 18.2 Å². The van der Waals surface area contributed by atoms with E-state index >= 15 is 0 Å². The van der Waals surface area contributed by atoms with Crippen LogP contribution < -0.4 is 5.73 Å². The van der Waals surface area contributed by atoms with Gasteiger partial charge < -0.3 is 29.6 Å². The molecule has 2 aromatic rings. The summed E-state index contributed by atoms with van der Waals surface area (Å²) in [5, 5.41) is 0. The van der Waals surface area contributed by atoms with Crippen LogP contribution in [0.3, 0.4) is 0 Å². The van der Waals surface area contributed by atoms with Gasteiger partial charge in [0.25, 0.3) is 0 Å². The van der Waals surface area contributed by atoms with Crippen molar-refractivity contribution in [2.24, 2.45) is 0 Å². The molecule has 126 valence electrons. The van der Waals surface area contributed by atoms with E-state index in [2.05, 4.69) is 19.7 Å². The second-order valence-corrected chi connectivity index (χ2v) is 6.27. The summed E-state index contributed by atoms with van der Waals surface area (Å²) < 4.78 is 22.0. The number of carbonyl (C=O) groups is 1. The van der Waals surface area contributed by atoms with Gasteiger partial charge in [0.05, 0.1) is 32.5 Å². The van der Waals surface area contributed by atoms with Crippen LogP contribution in [-0.4, -0.2) is 55.3 Å². The minimum absolute atomic E-state index is 0.0997. The van der Waals surface area contributed by atoms with Gasteiger partial charge in [-0.3, -0.25) is 9.36 Å². The van der Waals surface area contributed by atoms with E-state index in [1.165, 1.54) is 24.3 Å². The van der Waals surface area contributed by atoms with Crippen molar-refractivity contribution in [1.82, 2.24) is 19.5 Å². The molecule has 11 nitrogen and oxygen atoms in total. The number of esters is 1. The van der Waals surface area contributed by atoms with Crippen LogP contribution >= 0.6 is 7.60 Å². The molecule has 12 heteroatoms. The number of hydrogen-bond acceptors (Lipinski definition) is 8. The molecule has 23 heavy (non-hydrogen) atoms. The molecular weight excluding hydrogens is 329 g/mol. The van der Waals surface area contributed by atoms with Crippen molar-refractivity contribution >= 4 is 30.5 Å². The number of fused-ring (bicyclic) bond motifs is 1. The largest absolute Gasteiger partial charge is 0.469 e. The van der Waals surface area contributed by atoms with Gasteiger partial charge in [-0.1, -0.05) is 0 Å². The summed E-state index contributed by atoms with van der Waals surface area (Å²) in [4.78, 5) is 41.1. The van der Waals surface area contributed by atoms with Gasteiger partial charge in [-0.2, -0.15) is 0 Å². The average molecular weight is 345 g/mol. The van der Waals surface area contributed by atoms with Crippen molar-refractivity contribution in [3.63, 3.8) is 0 Å². The molecule has 1 atom stereocenters. The van der Waals surface area contributed by atoms with Crippen molar-refractivity contribution in [2.45, 2.75) is 12.5 Å². The fourth-order valence-electron chi connectivity index (χ4n) is 2.00. The van der Waals surface area contributed by atoms with Gasteiger partial charge >= 0.3 is 13.6 Å². The van der Waals surface area contributed by atoms with Crippen LogP contribution in [0.2, 0.25) is 0 Å². The SMILES string of the molecule is COC(=O)CC(COCP(=O)(O)O)n1cnc2ncnc(N)c21. The highest BCUT2D eigenvalue weighted by Gasteiger charge is 2.22. The first-order valence-corrected chi connectivity index (χ1v) is 8.23. The van der Waals surface area contributed by atoms with Gasteiger partial charge in [0.2, 0.25) is 0 Å². The summed E-state index contributed by atoms with van der Waals surface area (Å²) in [5.41, 5.74) is 6.55. The third-order valence-corrected chi connectivity index (χ3v) is 3.51. The first-order valence-electron chi connectivity index (χ1n) is 6.44. The lowest BCUT2D eigenvalue weighted by Crippen LogP contribution is -2.20. The Morgan fingerprint density at radius 2 is 2.17 bits per heavy atom. The number of aromatic nitrogens is 4. The first-order chi connectivity index (χ1) is 10.8. The molecule has 0 aliphatic rings. The van der Waals surface area contributed by atoms with Crippen LogP contribution in [0.25, 0.3) is 11.2 Å². The number of nitrogen functional groups attached to an aromatic ring is 1. The lowest BCUT2D eigenvalue weighted by atomic mass is 10.2. The van der Waals surface area contributed by atoms with Crippen LogP contribution in [-0.2, 0) is 18.8 Å². The molecule has 4 N–H and O–H groups in total. The molecule has 0 saturated carbocycles. The van der Waals surface area contributed by atoms with Crippen molar-refractivity contribution in [2.75, 3.05) is 25.8 Å². The Morgan fingerprint density at radius 1 is 1.43 bits per heavy atom. The van der Waals surface area contributed by atoms with E-state index in [0.29, 0.717) is 11.2 Å². The van der Waals surface area contributed by atoms with E-state index in [0.717, 1.165) is 0 Å². The Labute approximate surface area is 130 Å². The zero-order chi connectivity index (χ0) is 17.0. The van der Waals surface area contributed by atoms with Crippen LogP contribution in [0.5, 0.6) is 0 Å². The highest BCUT2D eigenvalue weighted by Crippen LogP contribution is 2.34. The number of hydrogen-bond donors (Lipinski definition) is 3. The molecule has 0 bridgehead atoms. The lowest BCUT2D eigenvalue weighted by Gasteiger charge is -2.19. The first kappa shape index (κ1) is 17.3. The molecule has 0 aromatic carbocycles. The molecule has 2 rings (SSSR count). The maximum absolute atomic E-state index is 11.6. The van der Waals surface area contributed by atoms with Crippen LogP contribution in [0.1, 0.15) is 12.5 Å². The molecule has 0 saturated heterocycles. The normalized spacial score (nSPS) is 13.2. The highest BCUT2D eigenvalue weighted by atomic mass is 31.2. The van der Waals surface area contributed by atoms with Gasteiger partial charge in [-0.05, 0) is 0 Å². The van der Waals surface area contributed by atoms with E-state index in [4.69, 9.17) is 20.3 Å². The van der Waals surface area contributed by atoms with Crippen molar-refractivity contribution in [3.05, 3.63) is 12.7 Å². The van der Waals surface area contributed by atoms with Crippen molar-refractivity contribution < 1.29 is 28.6 Å². The summed E-state index contributed by atoms with van der Waals surface area (Å²) >= 11 is 0. The third kappa shape index (κ3) is 4.45. The quantitative estimate of drug-likeness (QED) is 0.447. The van der Waals surface area contributed by atoms with E-state index in [9.17, 15) is 9.36 Å². The summed E-state index contributed by atoms with van der Waals surface area (Å²) in [7, 11) is -3.07. The molecule has 1 unspecified atom stereocenters. The summed E-state index contributed by atoms with van der Waals surface area (Å²) in [6, 6.07) is -0.632. The second kappa shape index (κ2) is 7.01. The predicted molar refractivity (Wildman–Crippen MR) is 78.3 cm³/mol. The lowest BCUT2D eigenvalue weighted by molar-refractivity contribution is -0.141. The number of carbonyl (C=O) groups excluding carboxylic acids is 1. The molecule has 0 amide bonds. The maximum atomic E-state index is 11.6. The summed E-state index contributed by atoms with van der Waals surface area (Å²) in [6.45, 7) is -0.153. The minimum Gasteiger partial charge on any atom is -0.469 e.